The van der Waals surface area contributed by atoms with E-state index in [1.165, 1.54) is 12.1 Å². The van der Waals surface area contributed by atoms with Crippen LogP contribution in [0.1, 0.15) is 16.8 Å². The molecule has 0 saturated heterocycles. The Hall–Kier alpha value is -2.15. The average Bonchev–Trinajstić information content (AvgIpc) is 2.34. The van der Waals surface area contributed by atoms with Gasteiger partial charge >= 0.3 is 5.97 Å². The van der Waals surface area contributed by atoms with Crippen LogP contribution in [0, 0.1) is 10.1 Å². The molecule has 0 heterocycles. The van der Waals surface area contributed by atoms with Crippen molar-refractivity contribution in [2.24, 2.45) is 0 Å². The number of carbonyl (C=O) groups is 1. The van der Waals surface area contributed by atoms with Crippen LogP contribution in [0.25, 0.3) is 0 Å². The van der Waals surface area contributed by atoms with E-state index in [1.54, 1.807) is 7.11 Å². The molecule has 0 aliphatic rings. The number of hydrogen-bond acceptors (Lipinski definition) is 5. The van der Waals surface area contributed by atoms with Crippen LogP contribution in [-0.4, -0.2) is 36.3 Å². The summed E-state index contributed by atoms with van der Waals surface area (Å²) >= 11 is 0. The molecule has 0 aromatic heterocycles. The highest BCUT2D eigenvalue weighted by molar-refractivity contribution is 5.91. The molecule has 0 amide bonds. The number of ether oxygens (including phenoxy) is 2. The summed E-state index contributed by atoms with van der Waals surface area (Å²) in [6.45, 7) is 0.779. The fourth-order valence-electron chi connectivity index (χ4n) is 1.31. The molecular weight excluding hydrogens is 242 g/mol. The SMILES string of the molecule is COCCCOc1ccc([N+](=O)[O-])cc1C(=O)O. The predicted octanol–water partition coefficient (Wildman–Crippen LogP) is 1.71. The lowest BCUT2D eigenvalue weighted by Gasteiger charge is -2.08. The predicted molar refractivity (Wildman–Crippen MR) is 62.0 cm³/mol. The van der Waals surface area contributed by atoms with Crippen molar-refractivity contribution < 1.29 is 24.3 Å². The lowest BCUT2D eigenvalue weighted by Crippen LogP contribution is -2.06. The van der Waals surface area contributed by atoms with Crippen molar-refractivity contribution in [2.75, 3.05) is 20.3 Å². The fourth-order valence-corrected chi connectivity index (χ4v) is 1.31. The molecule has 7 nitrogen and oxygen atoms in total. The Morgan fingerprint density at radius 1 is 1.44 bits per heavy atom. The van der Waals surface area contributed by atoms with Gasteiger partial charge in [0.15, 0.2) is 0 Å². The molecule has 1 aromatic rings. The summed E-state index contributed by atoms with van der Waals surface area (Å²) in [5.41, 5.74) is -0.502. The second kappa shape index (κ2) is 6.55. The Bertz CT molecular complexity index is 445. The van der Waals surface area contributed by atoms with Gasteiger partial charge in [-0.05, 0) is 6.07 Å². The molecule has 0 bridgehead atoms. The van der Waals surface area contributed by atoms with Gasteiger partial charge in [0.2, 0.25) is 0 Å². The molecule has 0 radical (unpaired) electrons. The van der Waals surface area contributed by atoms with Crippen molar-refractivity contribution in [1.82, 2.24) is 0 Å². The first-order valence-electron chi connectivity index (χ1n) is 5.19. The van der Waals surface area contributed by atoms with Gasteiger partial charge in [-0.25, -0.2) is 4.79 Å². The second-order valence-corrected chi connectivity index (χ2v) is 3.44. The third kappa shape index (κ3) is 3.70. The number of nitro groups is 1. The monoisotopic (exact) mass is 255 g/mol. The third-order valence-electron chi connectivity index (χ3n) is 2.15. The largest absolute Gasteiger partial charge is 0.493 e. The van der Waals surface area contributed by atoms with Gasteiger partial charge in [0.25, 0.3) is 5.69 Å². The summed E-state index contributed by atoms with van der Waals surface area (Å²) in [6, 6.07) is 3.47. The maximum Gasteiger partial charge on any atom is 0.339 e. The second-order valence-electron chi connectivity index (χ2n) is 3.44. The molecule has 1 N–H and O–H groups in total. The van der Waals surface area contributed by atoms with Crippen molar-refractivity contribution >= 4 is 11.7 Å². The number of carboxylic acid groups (broad SMARTS) is 1. The van der Waals surface area contributed by atoms with E-state index in [2.05, 4.69) is 0 Å². The average molecular weight is 255 g/mol. The van der Waals surface area contributed by atoms with Crippen molar-refractivity contribution in [1.29, 1.82) is 0 Å². The first-order chi connectivity index (χ1) is 8.56. The zero-order chi connectivity index (χ0) is 13.5. The van der Waals surface area contributed by atoms with E-state index in [4.69, 9.17) is 14.6 Å². The smallest absolute Gasteiger partial charge is 0.339 e. The zero-order valence-electron chi connectivity index (χ0n) is 9.79. The zero-order valence-corrected chi connectivity index (χ0v) is 9.79. The van der Waals surface area contributed by atoms with Crippen LogP contribution in [0.2, 0.25) is 0 Å². The van der Waals surface area contributed by atoms with Crippen LogP contribution < -0.4 is 4.74 Å². The van der Waals surface area contributed by atoms with Crippen LogP contribution in [0.15, 0.2) is 18.2 Å². The van der Waals surface area contributed by atoms with E-state index in [1.807, 2.05) is 0 Å². The summed E-state index contributed by atoms with van der Waals surface area (Å²) < 4.78 is 10.1. The summed E-state index contributed by atoms with van der Waals surface area (Å²) in [7, 11) is 1.55. The molecule has 0 atom stereocenters. The summed E-state index contributed by atoms with van der Waals surface area (Å²) in [6.07, 6.45) is 0.604. The number of carboxylic acids is 1. The van der Waals surface area contributed by atoms with Gasteiger partial charge in [0, 0.05) is 32.3 Å². The van der Waals surface area contributed by atoms with Crippen molar-refractivity contribution in [3.63, 3.8) is 0 Å². The van der Waals surface area contributed by atoms with Gasteiger partial charge in [-0.1, -0.05) is 0 Å². The fraction of sp³-hybridized carbons (Fsp3) is 0.364. The molecule has 0 saturated carbocycles. The number of nitro benzene ring substituents is 1. The molecule has 7 heteroatoms. The number of non-ortho nitro benzene ring substituents is 1. The maximum absolute atomic E-state index is 11.0. The number of methoxy groups -OCH3 is 1. The first kappa shape index (κ1) is 13.9. The Morgan fingerprint density at radius 3 is 2.72 bits per heavy atom. The van der Waals surface area contributed by atoms with Crippen LogP contribution in [0.4, 0.5) is 5.69 Å². The van der Waals surface area contributed by atoms with Gasteiger partial charge in [-0.3, -0.25) is 10.1 Å². The lowest BCUT2D eigenvalue weighted by molar-refractivity contribution is -0.384. The molecule has 0 aliphatic carbocycles. The van der Waals surface area contributed by atoms with Crippen molar-refractivity contribution in [3.8, 4) is 5.75 Å². The maximum atomic E-state index is 11.0. The Balaban J connectivity index is 2.83. The minimum Gasteiger partial charge on any atom is -0.493 e. The molecule has 1 rings (SSSR count). The Kier molecular flexibility index (Phi) is 5.06. The van der Waals surface area contributed by atoms with Crippen LogP contribution in [0.5, 0.6) is 5.75 Å². The number of rotatable bonds is 7. The number of nitrogens with zero attached hydrogens (tertiary/aromatic N) is 1. The topological polar surface area (TPSA) is 98.9 Å². The molecular formula is C11H13NO6. The molecule has 98 valence electrons. The minimum atomic E-state index is -1.26. The minimum absolute atomic E-state index is 0.115. The third-order valence-corrected chi connectivity index (χ3v) is 2.15. The highest BCUT2D eigenvalue weighted by Crippen LogP contribution is 2.24. The summed E-state index contributed by atoms with van der Waals surface area (Å²) in [5.74, 6) is -1.15. The van der Waals surface area contributed by atoms with Gasteiger partial charge in [-0.15, -0.1) is 0 Å². The van der Waals surface area contributed by atoms with Crippen molar-refractivity contribution in [2.45, 2.75) is 6.42 Å². The lowest BCUT2D eigenvalue weighted by atomic mass is 10.2. The van der Waals surface area contributed by atoms with Crippen LogP contribution >= 0.6 is 0 Å². The standard InChI is InChI=1S/C11H13NO6/c1-17-5-2-6-18-10-4-3-8(12(15)16)7-9(10)11(13)14/h3-4,7H,2,5-6H2,1H3,(H,13,14). The van der Waals surface area contributed by atoms with Crippen LogP contribution in [-0.2, 0) is 4.74 Å². The van der Waals surface area contributed by atoms with E-state index >= 15 is 0 Å². The highest BCUT2D eigenvalue weighted by atomic mass is 16.6. The molecule has 0 spiro atoms. The summed E-state index contributed by atoms with van der Waals surface area (Å²) in [5, 5.41) is 19.5. The number of benzene rings is 1. The van der Waals surface area contributed by atoms with Crippen LogP contribution in [0.3, 0.4) is 0 Å². The number of aromatic carboxylic acids is 1. The molecule has 0 aliphatic heterocycles. The normalized spacial score (nSPS) is 10.1. The Morgan fingerprint density at radius 2 is 2.17 bits per heavy atom. The van der Waals surface area contributed by atoms with E-state index in [0.29, 0.717) is 13.0 Å². The van der Waals surface area contributed by atoms with E-state index < -0.39 is 10.9 Å². The van der Waals surface area contributed by atoms with Crippen molar-refractivity contribution in [3.05, 3.63) is 33.9 Å². The van der Waals surface area contributed by atoms with Gasteiger partial charge in [0.1, 0.15) is 11.3 Å². The van der Waals surface area contributed by atoms with E-state index in [-0.39, 0.29) is 23.6 Å². The van der Waals surface area contributed by atoms with Gasteiger partial charge < -0.3 is 14.6 Å². The summed E-state index contributed by atoms with van der Waals surface area (Å²) in [4.78, 5) is 20.8. The van der Waals surface area contributed by atoms with Gasteiger partial charge in [-0.2, -0.15) is 0 Å². The van der Waals surface area contributed by atoms with E-state index in [0.717, 1.165) is 6.07 Å². The quantitative estimate of drug-likeness (QED) is 0.452. The number of hydrogen-bond donors (Lipinski definition) is 1. The molecule has 1 aromatic carbocycles. The molecule has 0 fully saturated rings. The highest BCUT2D eigenvalue weighted by Gasteiger charge is 2.16. The Labute approximate surface area is 103 Å². The molecule has 0 unspecified atom stereocenters. The van der Waals surface area contributed by atoms with E-state index in [9.17, 15) is 14.9 Å². The van der Waals surface area contributed by atoms with Gasteiger partial charge in [0.05, 0.1) is 11.5 Å². The first-order valence-corrected chi connectivity index (χ1v) is 5.19. The molecule has 18 heavy (non-hydrogen) atoms.